The molecule has 0 radical (unpaired) electrons. The minimum absolute atomic E-state index is 0.617. The van der Waals surface area contributed by atoms with Gasteiger partial charge in [-0.3, -0.25) is 0 Å². The highest BCUT2D eigenvalue weighted by Gasteiger charge is 2.25. The Morgan fingerprint density at radius 3 is 1.27 bits per heavy atom. The molecule has 2 aromatic rings. The molecule has 4 fully saturated rings. The zero-order valence-electron chi connectivity index (χ0n) is 23.2. The topological polar surface area (TPSA) is 127 Å². The van der Waals surface area contributed by atoms with E-state index in [0.29, 0.717) is 101 Å². The average molecular weight is 561 g/mol. The summed E-state index contributed by atoms with van der Waals surface area (Å²) in [4.78, 5) is 23.5. The highest BCUT2D eigenvalue weighted by molar-refractivity contribution is 5.29. The molecule has 0 atom stereocenters. The van der Waals surface area contributed by atoms with Crippen LogP contribution in [0.1, 0.15) is 24.6 Å². The molecule has 4 aliphatic heterocycles. The van der Waals surface area contributed by atoms with Gasteiger partial charge in [0.1, 0.15) is 26.2 Å². The van der Waals surface area contributed by atoms with Gasteiger partial charge in [-0.2, -0.15) is 9.97 Å². The number of ether oxygens (including phenoxy) is 4. The number of unbranched alkanes of at least 4 members (excludes halogenated alkanes) is 1. The molecule has 14 nitrogen and oxygen atoms in total. The standard InChI is InChI=1S/C26H40N8O6/c1(3-21-27-23(31-5-13-35-14-6-31)29-25(39-21)33-9-17-37-18-10-33)2-4-22-28-24(32-7-15-36-16-8-32)30-26(40-22)34-11-19-38-20-12-34/h1-20H2/q+2. The molecular formula is C26H40N8O6+2. The fourth-order valence-electron chi connectivity index (χ4n) is 5.10. The number of morpholine rings is 4. The number of aromatic nitrogens is 4. The second kappa shape index (κ2) is 13.6. The predicted octanol–water partition coefficient (Wildman–Crippen LogP) is -1.70. The van der Waals surface area contributed by atoms with Gasteiger partial charge in [0.15, 0.2) is 0 Å². The quantitative estimate of drug-likeness (QED) is 0.283. The van der Waals surface area contributed by atoms with Crippen molar-refractivity contribution in [2.24, 2.45) is 0 Å². The summed E-state index contributed by atoms with van der Waals surface area (Å²) in [6, 6.07) is 0. The monoisotopic (exact) mass is 560 g/mol. The lowest BCUT2D eigenvalue weighted by Crippen LogP contribution is -2.43. The third-order valence-corrected chi connectivity index (χ3v) is 7.44. The fraction of sp³-hybridized carbons (Fsp3) is 0.769. The molecule has 4 saturated heterocycles. The van der Waals surface area contributed by atoms with Crippen molar-refractivity contribution in [3.8, 4) is 0 Å². The Labute approximate surface area is 232 Å². The fourth-order valence-corrected chi connectivity index (χ4v) is 5.10. The second-order valence-electron chi connectivity index (χ2n) is 10.2. The lowest BCUT2D eigenvalue weighted by molar-refractivity contribution is 0.0898. The summed E-state index contributed by atoms with van der Waals surface area (Å²) in [6.07, 6.45) is 3.17. The largest absolute Gasteiger partial charge is 0.504 e. The van der Waals surface area contributed by atoms with Gasteiger partial charge in [-0.05, 0) is 12.8 Å². The molecule has 40 heavy (non-hydrogen) atoms. The molecule has 0 aliphatic carbocycles. The van der Waals surface area contributed by atoms with Gasteiger partial charge >= 0.3 is 23.3 Å². The second-order valence-corrected chi connectivity index (χ2v) is 10.2. The van der Waals surface area contributed by atoms with Crippen molar-refractivity contribution in [1.29, 1.82) is 0 Å². The van der Waals surface area contributed by atoms with Crippen molar-refractivity contribution in [2.45, 2.75) is 25.7 Å². The van der Waals surface area contributed by atoms with Gasteiger partial charge in [-0.1, -0.05) is 0 Å². The number of anilines is 2. The van der Waals surface area contributed by atoms with Gasteiger partial charge in [-0.25, -0.2) is 9.15 Å². The van der Waals surface area contributed by atoms with E-state index in [1.54, 1.807) is 0 Å². The molecule has 0 N–H and O–H groups in total. The Balaban J connectivity index is 1.17. The minimum Gasteiger partial charge on any atom is -0.378 e. The lowest BCUT2D eigenvalue weighted by atomic mass is 10.2. The van der Waals surface area contributed by atoms with Crippen LogP contribution in [0.15, 0.2) is 8.83 Å². The summed E-state index contributed by atoms with van der Waals surface area (Å²) in [5.41, 5.74) is 1.23. The highest BCUT2D eigenvalue weighted by Crippen LogP contribution is 2.13. The van der Waals surface area contributed by atoms with E-state index in [1.165, 1.54) is 0 Å². The van der Waals surface area contributed by atoms with E-state index >= 15 is 0 Å². The third kappa shape index (κ3) is 7.03. The molecule has 0 unspecified atom stereocenters. The summed E-state index contributed by atoms with van der Waals surface area (Å²) in [5.74, 6) is 2.81. The number of nitrogens with zero attached hydrogens (tertiary/aromatic N) is 8. The van der Waals surface area contributed by atoms with Crippen LogP contribution in [0.2, 0.25) is 0 Å². The van der Waals surface area contributed by atoms with Crippen molar-refractivity contribution in [1.82, 2.24) is 29.1 Å². The predicted molar refractivity (Wildman–Crippen MR) is 143 cm³/mol. The van der Waals surface area contributed by atoms with Crippen molar-refractivity contribution in [3.05, 3.63) is 23.2 Å². The van der Waals surface area contributed by atoms with Gasteiger partial charge in [0.25, 0.3) is 0 Å². The summed E-state index contributed by atoms with van der Waals surface area (Å²) >= 11 is 0. The molecule has 0 amide bonds. The van der Waals surface area contributed by atoms with Gasteiger partial charge in [0.2, 0.25) is 11.8 Å². The van der Waals surface area contributed by atoms with Crippen LogP contribution in [-0.2, 0) is 31.8 Å². The Morgan fingerprint density at radius 1 is 0.500 bits per heavy atom. The van der Waals surface area contributed by atoms with E-state index in [9.17, 15) is 0 Å². The van der Waals surface area contributed by atoms with Gasteiger partial charge in [0, 0.05) is 49.0 Å². The Hall–Kier alpha value is -2.94. The van der Waals surface area contributed by atoms with Crippen LogP contribution in [0.3, 0.4) is 0 Å². The molecule has 0 spiro atoms. The third-order valence-electron chi connectivity index (χ3n) is 7.44. The van der Waals surface area contributed by atoms with Crippen LogP contribution in [-0.4, -0.2) is 125 Å². The van der Waals surface area contributed by atoms with Crippen LogP contribution in [0.5, 0.6) is 0 Å². The van der Waals surface area contributed by atoms with Crippen molar-refractivity contribution < 1.29 is 27.8 Å². The van der Waals surface area contributed by atoms with Crippen LogP contribution >= 0.6 is 0 Å². The van der Waals surface area contributed by atoms with Crippen LogP contribution in [0.4, 0.5) is 11.9 Å². The molecule has 6 heterocycles. The van der Waals surface area contributed by atoms with E-state index < -0.39 is 0 Å². The van der Waals surface area contributed by atoms with E-state index in [4.69, 9.17) is 47.7 Å². The SMILES string of the molecule is C(CCc1nc(N2CCOCC2)nc(=[N+]2CCOCC2)o1)Cc1nc(N2CCOCC2)nc(=[N+]2CCOCC2)o1. The number of aryl methyl sites for hydroxylation is 2. The summed E-state index contributed by atoms with van der Waals surface area (Å²) in [5, 5.41) is 0. The summed E-state index contributed by atoms with van der Waals surface area (Å²) in [6.45, 7) is 11.5. The van der Waals surface area contributed by atoms with Gasteiger partial charge in [-0.15, -0.1) is 0 Å². The summed E-state index contributed by atoms with van der Waals surface area (Å²) in [7, 11) is 0. The number of hydrogen-bond acceptors (Lipinski definition) is 12. The Morgan fingerprint density at radius 2 is 0.875 bits per heavy atom. The minimum atomic E-state index is 0.617. The van der Waals surface area contributed by atoms with E-state index in [2.05, 4.69) is 19.0 Å². The summed E-state index contributed by atoms with van der Waals surface area (Å²) < 4.78 is 38.8. The highest BCUT2D eigenvalue weighted by atomic mass is 16.5. The van der Waals surface area contributed by atoms with Crippen LogP contribution < -0.4 is 30.3 Å². The zero-order valence-corrected chi connectivity index (χ0v) is 23.2. The molecule has 14 heteroatoms. The maximum absolute atomic E-state index is 6.20. The first kappa shape index (κ1) is 27.2. The first-order chi connectivity index (χ1) is 19.8. The van der Waals surface area contributed by atoms with Crippen molar-refractivity contribution in [2.75, 3.05) is 115 Å². The van der Waals surface area contributed by atoms with Gasteiger partial charge < -0.3 is 37.6 Å². The maximum Gasteiger partial charge on any atom is 0.504 e. The normalized spacial score (nSPS) is 20.7. The molecule has 4 aliphatic rings. The molecule has 6 rings (SSSR count). The maximum atomic E-state index is 6.20. The smallest absolute Gasteiger partial charge is 0.378 e. The number of rotatable bonds is 7. The molecular weight excluding hydrogens is 520 g/mol. The Kier molecular flexibility index (Phi) is 9.27. The van der Waals surface area contributed by atoms with Crippen LogP contribution in [0, 0.1) is 0 Å². The van der Waals surface area contributed by atoms with E-state index in [0.717, 1.165) is 65.2 Å². The van der Waals surface area contributed by atoms with E-state index in [-0.39, 0.29) is 0 Å². The molecule has 218 valence electrons. The number of hydrogen-bond donors (Lipinski definition) is 0. The molecule has 0 aromatic carbocycles. The molecule has 0 saturated carbocycles. The Bertz CT molecular complexity index is 1150. The van der Waals surface area contributed by atoms with Crippen molar-refractivity contribution >= 4 is 11.9 Å². The lowest BCUT2D eigenvalue weighted by Gasteiger charge is -2.24. The van der Waals surface area contributed by atoms with Crippen LogP contribution in [0.25, 0.3) is 0 Å². The van der Waals surface area contributed by atoms with Gasteiger partial charge in [0.05, 0.1) is 52.9 Å². The van der Waals surface area contributed by atoms with Crippen molar-refractivity contribution in [3.63, 3.8) is 0 Å². The zero-order chi connectivity index (χ0) is 27.0. The average Bonchev–Trinajstić information content (AvgIpc) is 3.04. The van der Waals surface area contributed by atoms with E-state index in [1.807, 2.05) is 0 Å². The molecule has 2 aromatic heterocycles. The first-order valence-electron chi connectivity index (χ1n) is 14.5. The molecule has 0 bridgehead atoms. The first-order valence-corrected chi connectivity index (χ1v) is 14.5.